The fraction of sp³-hybridized carbons (Fsp3) is 0.167. The molecule has 2 N–H and O–H groups in total. The van der Waals surface area contributed by atoms with Crippen LogP contribution in [0, 0.1) is 0 Å². The Morgan fingerprint density at radius 2 is 2.06 bits per heavy atom. The Morgan fingerprint density at radius 1 is 1.24 bits per heavy atom. The number of H-pyrrole nitrogens is 1. The van der Waals surface area contributed by atoms with Gasteiger partial charge in [-0.1, -0.05) is 18.2 Å². The summed E-state index contributed by atoms with van der Waals surface area (Å²) in [5.41, 5.74) is 4.56. The van der Waals surface area contributed by atoms with Gasteiger partial charge in [0, 0.05) is 17.1 Å². The highest BCUT2D eigenvalue weighted by Gasteiger charge is 2.27. The van der Waals surface area contributed by atoms with E-state index in [0.717, 1.165) is 16.5 Å². The number of aromatic amines is 1. The average molecular weight is 229 g/mol. The van der Waals surface area contributed by atoms with Crippen molar-refractivity contribution in [1.29, 1.82) is 0 Å². The monoisotopic (exact) mass is 229 g/mol. The van der Waals surface area contributed by atoms with Gasteiger partial charge in [-0.05, 0) is 11.6 Å². The third-order valence-electron chi connectivity index (χ3n) is 2.88. The Labute approximate surface area is 97.4 Å². The third kappa shape index (κ3) is 1.65. The molecule has 0 aliphatic carbocycles. The maximum absolute atomic E-state index is 11.5. The fourth-order valence-electron chi connectivity index (χ4n) is 2.05. The predicted molar refractivity (Wildman–Crippen MR) is 61.6 cm³/mol. The molecule has 0 saturated carbocycles. The van der Waals surface area contributed by atoms with Gasteiger partial charge in [0.15, 0.2) is 0 Å². The number of hydrazine groups is 1. The lowest BCUT2D eigenvalue weighted by Gasteiger charge is -2.14. The van der Waals surface area contributed by atoms with Crippen LogP contribution in [0.4, 0.5) is 0 Å². The summed E-state index contributed by atoms with van der Waals surface area (Å²) in [7, 11) is 0. The number of nitrogens with zero attached hydrogens (tertiary/aromatic N) is 1. The molecule has 5 heteroatoms. The van der Waals surface area contributed by atoms with E-state index in [1.54, 1.807) is 0 Å². The van der Waals surface area contributed by atoms with Crippen LogP contribution in [0.3, 0.4) is 0 Å². The highest BCUT2D eigenvalue weighted by molar-refractivity contribution is 6.02. The Hall–Kier alpha value is -2.30. The molecule has 0 bridgehead atoms. The van der Waals surface area contributed by atoms with Gasteiger partial charge in [-0.2, -0.15) is 0 Å². The summed E-state index contributed by atoms with van der Waals surface area (Å²) in [5, 5.41) is 2.43. The van der Waals surface area contributed by atoms with Crippen LogP contribution in [-0.4, -0.2) is 21.8 Å². The van der Waals surface area contributed by atoms with Gasteiger partial charge in [0.05, 0.1) is 6.54 Å². The molecular weight excluding hydrogens is 218 g/mol. The van der Waals surface area contributed by atoms with Crippen LogP contribution in [0.15, 0.2) is 30.5 Å². The average Bonchev–Trinajstić information content (AvgIpc) is 2.85. The zero-order valence-corrected chi connectivity index (χ0v) is 9.06. The second-order valence-corrected chi connectivity index (χ2v) is 4.05. The van der Waals surface area contributed by atoms with E-state index in [1.165, 1.54) is 5.01 Å². The molecule has 86 valence electrons. The molecule has 1 aromatic heterocycles. The van der Waals surface area contributed by atoms with E-state index >= 15 is 0 Å². The van der Waals surface area contributed by atoms with Crippen LogP contribution in [0.2, 0.25) is 0 Å². The zero-order valence-electron chi connectivity index (χ0n) is 9.06. The first-order chi connectivity index (χ1) is 8.24. The zero-order chi connectivity index (χ0) is 11.8. The maximum Gasteiger partial charge on any atom is 0.250 e. The molecule has 17 heavy (non-hydrogen) atoms. The van der Waals surface area contributed by atoms with Crippen LogP contribution < -0.4 is 5.43 Å². The van der Waals surface area contributed by atoms with Crippen LogP contribution >= 0.6 is 0 Å². The van der Waals surface area contributed by atoms with Crippen molar-refractivity contribution in [1.82, 2.24) is 15.4 Å². The second kappa shape index (κ2) is 3.62. The molecule has 1 fully saturated rings. The van der Waals surface area contributed by atoms with Crippen molar-refractivity contribution < 1.29 is 9.59 Å². The summed E-state index contributed by atoms with van der Waals surface area (Å²) in [6, 6.07) is 7.86. The van der Waals surface area contributed by atoms with Gasteiger partial charge in [0.1, 0.15) is 6.42 Å². The highest BCUT2D eigenvalue weighted by atomic mass is 16.2. The standard InChI is InChI=1S/C12H11N3O2/c16-11-5-12(17)15(14-11)7-8-6-13-10-4-2-1-3-9(8)10/h1-4,6,13H,5,7H2,(H,14,16). The number of amides is 2. The fourth-order valence-corrected chi connectivity index (χ4v) is 2.05. The number of aromatic nitrogens is 1. The lowest BCUT2D eigenvalue weighted by molar-refractivity contribution is -0.130. The first-order valence-corrected chi connectivity index (χ1v) is 5.39. The van der Waals surface area contributed by atoms with E-state index in [2.05, 4.69) is 10.4 Å². The number of para-hydroxylation sites is 1. The molecule has 0 atom stereocenters. The molecule has 1 aliphatic rings. The number of benzene rings is 1. The Morgan fingerprint density at radius 3 is 2.82 bits per heavy atom. The van der Waals surface area contributed by atoms with Crippen LogP contribution in [0.5, 0.6) is 0 Å². The molecule has 2 amide bonds. The summed E-state index contributed by atoms with van der Waals surface area (Å²) in [5.74, 6) is -0.421. The molecule has 1 aromatic carbocycles. The summed E-state index contributed by atoms with van der Waals surface area (Å²) < 4.78 is 0. The summed E-state index contributed by atoms with van der Waals surface area (Å²) in [4.78, 5) is 25.7. The number of hydrogen-bond acceptors (Lipinski definition) is 2. The van der Waals surface area contributed by atoms with Gasteiger partial charge in [0.25, 0.3) is 5.91 Å². The lowest BCUT2D eigenvalue weighted by Crippen LogP contribution is -2.35. The topological polar surface area (TPSA) is 65.2 Å². The van der Waals surface area contributed by atoms with Crippen molar-refractivity contribution in [2.75, 3.05) is 0 Å². The van der Waals surface area contributed by atoms with Gasteiger partial charge < -0.3 is 4.98 Å². The Balaban J connectivity index is 1.90. The van der Waals surface area contributed by atoms with Gasteiger partial charge in [0.2, 0.25) is 5.91 Å². The number of nitrogens with one attached hydrogen (secondary N) is 2. The second-order valence-electron chi connectivity index (χ2n) is 4.05. The molecule has 1 saturated heterocycles. The van der Waals surface area contributed by atoms with Crippen molar-refractivity contribution in [2.24, 2.45) is 0 Å². The van der Waals surface area contributed by atoms with E-state index in [4.69, 9.17) is 0 Å². The Bertz CT molecular complexity index is 603. The van der Waals surface area contributed by atoms with Crippen molar-refractivity contribution in [2.45, 2.75) is 13.0 Å². The molecule has 2 aromatic rings. The molecule has 5 nitrogen and oxygen atoms in total. The largest absolute Gasteiger partial charge is 0.361 e. The molecule has 0 spiro atoms. The van der Waals surface area contributed by atoms with Crippen molar-refractivity contribution in [3.05, 3.63) is 36.0 Å². The minimum atomic E-state index is -0.241. The van der Waals surface area contributed by atoms with Gasteiger partial charge >= 0.3 is 0 Å². The van der Waals surface area contributed by atoms with Gasteiger partial charge in [-0.25, -0.2) is 5.01 Å². The summed E-state index contributed by atoms with van der Waals surface area (Å²) in [6.07, 6.45) is 1.81. The minimum absolute atomic E-state index is 0.0532. The minimum Gasteiger partial charge on any atom is -0.361 e. The van der Waals surface area contributed by atoms with E-state index in [0.29, 0.717) is 6.54 Å². The SMILES string of the molecule is O=C1CC(=O)N(Cc2c[nH]c3ccccc23)N1. The molecule has 0 radical (unpaired) electrons. The Kier molecular flexibility index (Phi) is 2.11. The predicted octanol–water partition coefficient (Wildman–Crippen LogP) is 0.931. The van der Waals surface area contributed by atoms with E-state index in [9.17, 15) is 9.59 Å². The van der Waals surface area contributed by atoms with Crippen LogP contribution in [-0.2, 0) is 16.1 Å². The number of carbonyl (C=O) groups excluding carboxylic acids is 2. The van der Waals surface area contributed by atoms with Crippen molar-refractivity contribution >= 4 is 22.7 Å². The molecule has 2 heterocycles. The van der Waals surface area contributed by atoms with Crippen LogP contribution in [0.25, 0.3) is 10.9 Å². The lowest BCUT2D eigenvalue weighted by atomic mass is 10.2. The number of rotatable bonds is 2. The van der Waals surface area contributed by atoms with Gasteiger partial charge in [-0.15, -0.1) is 0 Å². The normalized spacial score (nSPS) is 15.6. The summed E-state index contributed by atoms with van der Waals surface area (Å²) >= 11 is 0. The molecule has 0 unspecified atom stereocenters. The van der Waals surface area contributed by atoms with Crippen LogP contribution in [0.1, 0.15) is 12.0 Å². The van der Waals surface area contributed by atoms with Crippen molar-refractivity contribution in [3.8, 4) is 0 Å². The first-order valence-electron chi connectivity index (χ1n) is 5.39. The smallest absolute Gasteiger partial charge is 0.250 e. The van der Waals surface area contributed by atoms with E-state index in [1.807, 2.05) is 30.5 Å². The number of hydrogen-bond donors (Lipinski definition) is 2. The molecule has 1 aliphatic heterocycles. The highest BCUT2D eigenvalue weighted by Crippen LogP contribution is 2.19. The van der Waals surface area contributed by atoms with E-state index < -0.39 is 0 Å². The quantitative estimate of drug-likeness (QED) is 0.752. The third-order valence-corrected chi connectivity index (χ3v) is 2.88. The number of carbonyl (C=O) groups is 2. The number of fused-ring (bicyclic) bond motifs is 1. The van der Waals surface area contributed by atoms with E-state index in [-0.39, 0.29) is 18.2 Å². The van der Waals surface area contributed by atoms with Gasteiger partial charge in [-0.3, -0.25) is 15.0 Å². The summed E-state index contributed by atoms with van der Waals surface area (Å²) in [6.45, 7) is 0.397. The molecular formula is C12H11N3O2. The molecule has 3 rings (SSSR count). The first kappa shape index (κ1) is 9.89. The van der Waals surface area contributed by atoms with Crippen molar-refractivity contribution in [3.63, 3.8) is 0 Å². The maximum atomic E-state index is 11.5.